The number of imidazole rings is 1. The van der Waals surface area contributed by atoms with Gasteiger partial charge in [-0.2, -0.15) is 5.10 Å². The summed E-state index contributed by atoms with van der Waals surface area (Å²) in [5, 5.41) is 7.16. The van der Waals surface area contributed by atoms with Gasteiger partial charge in [0.25, 0.3) is 5.91 Å². The summed E-state index contributed by atoms with van der Waals surface area (Å²) in [4.78, 5) is 31.2. The average Bonchev–Trinajstić information content (AvgIpc) is 2.89. The first-order valence-corrected chi connectivity index (χ1v) is 7.39. The zero-order chi connectivity index (χ0) is 18.1. The third-order valence-electron chi connectivity index (χ3n) is 3.60. The molecule has 3 heterocycles. The molecule has 0 atom stereocenters. The molecule has 128 valence electrons. The van der Waals surface area contributed by atoms with Gasteiger partial charge in [-0.05, 0) is 25.1 Å². The number of fused-ring (bicyclic) bond motifs is 1. The van der Waals surface area contributed by atoms with Gasteiger partial charge < -0.3 is 15.8 Å². The molecule has 0 aliphatic rings. The summed E-state index contributed by atoms with van der Waals surface area (Å²) in [6.07, 6.45) is 1.54. The summed E-state index contributed by atoms with van der Waals surface area (Å²) in [6.45, 7) is 3.21. The van der Waals surface area contributed by atoms with Crippen LogP contribution in [-0.4, -0.2) is 38.5 Å². The molecule has 9 nitrogen and oxygen atoms in total. The van der Waals surface area contributed by atoms with Crippen LogP contribution >= 0.6 is 0 Å². The standard InChI is InChI=1S/C16H16N6O3/c1-8-15(19-9(2)23)20-13-5-4-12(21-22(8)13)10-6-11(14(17)24)16(25-3)18-7-10/h4-7H,1-3H3,(H2,17,24)(H,19,23). The van der Waals surface area contributed by atoms with Gasteiger partial charge >= 0.3 is 0 Å². The van der Waals surface area contributed by atoms with E-state index in [0.717, 1.165) is 0 Å². The highest BCUT2D eigenvalue weighted by molar-refractivity contribution is 5.96. The van der Waals surface area contributed by atoms with Crippen molar-refractivity contribution in [3.63, 3.8) is 0 Å². The number of carbonyl (C=O) groups is 2. The Hall–Kier alpha value is -3.49. The highest BCUT2D eigenvalue weighted by Gasteiger charge is 2.15. The van der Waals surface area contributed by atoms with Gasteiger partial charge in [-0.15, -0.1) is 0 Å². The number of hydrogen-bond acceptors (Lipinski definition) is 6. The summed E-state index contributed by atoms with van der Waals surface area (Å²) in [7, 11) is 1.41. The normalized spacial score (nSPS) is 10.7. The molecule has 0 saturated heterocycles. The molecule has 0 aromatic carbocycles. The van der Waals surface area contributed by atoms with E-state index in [0.29, 0.717) is 28.4 Å². The number of amides is 2. The number of aromatic nitrogens is 4. The highest BCUT2D eigenvalue weighted by Crippen LogP contribution is 2.24. The largest absolute Gasteiger partial charge is 0.480 e. The van der Waals surface area contributed by atoms with Gasteiger partial charge in [0.05, 0.1) is 18.5 Å². The number of carbonyl (C=O) groups excluding carboxylic acids is 2. The van der Waals surface area contributed by atoms with Crippen molar-refractivity contribution in [2.24, 2.45) is 5.73 Å². The molecule has 0 fully saturated rings. The Morgan fingerprint density at radius 3 is 2.72 bits per heavy atom. The van der Waals surface area contributed by atoms with Gasteiger partial charge in [0, 0.05) is 18.7 Å². The summed E-state index contributed by atoms with van der Waals surface area (Å²) >= 11 is 0. The summed E-state index contributed by atoms with van der Waals surface area (Å²) in [6, 6.07) is 5.08. The number of nitrogens with two attached hydrogens (primary N) is 1. The van der Waals surface area contributed by atoms with E-state index in [2.05, 4.69) is 20.4 Å². The molecule has 9 heteroatoms. The minimum Gasteiger partial charge on any atom is -0.480 e. The van der Waals surface area contributed by atoms with Crippen LogP contribution in [0.3, 0.4) is 0 Å². The van der Waals surface area contributed by atoms with E-state index < -0.39 is 5.91 Å². The number of methoxy groups -OCH3 is 1. The van der Waals surface area contributed by atoms with Crippen LogP contribution in [-0.2, 0) is 4.79 Å². The van der Waals surface area contributed by atoms with E-state index in [4.69, 9.17) is 10.5 Å². The fourth-order valence-corrected chi connectivity index (χ4v) is 2.41. The van der Waals surface area contributed by atoms with Gasteiger partial charge in [-0.3, -0.25) is 9.59 Å². The number of aryl methyl sites for hydroxylation is 1. The lowest BCUT2D eigenvalue weighted by Gasteiger charge is -2.07. The molecule has 0 aliphatic heterocycles. The maximum absolute atomic E-state index is 11.6. The predicted octanol–water partition coefficient (Wildman–Crippen LogP) is 1.17. The molecule has 0 radical (unpaired) electrons. The van der Waals surface area contributed by atoms with Crippen molar-refractivity contribution in [2.45, 2.75) is 13.8 Å². The Labute approximate surface area is 142 Å². The maximum atomic E-state index is 11.6. The molecule has 3 N–H and O–H groups in total. The summed E-state index contributed by atoms with van der Waals surface area (Å²) in [5.41, 5.74) is 7.98. The second-order valence-electron chi connectivity index (χ2n) is 5.36. The predicted molar refractivity (Wildman–Crippen MR) is 90.3 cm³/mol. The molecule has 0 aliphatic carbocycles. The third kappa shape index (κ3) is 2.99. The van der Waals surface area contributed by atoms with Crippen molar-refractivity contribution < 1.29 is 14.3 Å². The first kappa shape index (κ1) is 16.4. The average molecular weight is 340 g/mol. The van der Waals surface area contributed by atoms with E-state index in [-0.39, 0.29) is 17.4 Å². The Morgan fingerprint density at radius 2 is 2.08 bits per heavy atom. The Morgan fingerprint density at radius 1 is 1.32 bits per heavy atom. The summed E-state index contributed by atoms with van der Waals surface area (Å²) in [5.74, 6) is -0.247. The molecule has 0 saturated carbocycles. The SMILES string of the molecule is COc1ncc(-c2ccc3nc(NC(C)=O)c(C)n3n2)cc1C(N)=O. The van der Waals surface area contributed by atoms with Crippen LogP contribution in [0.25, 0.3) is 16.9 Å². The van der Waals surface area contributed by atoms with E-state index in [1.165, 1.54) is 14.0 Å². The lowest BCUT2D eigenvalue weighted by molar-refractivity contribution is -0.114. The number of ether oxygens (including phenoxy) is 1. The lowest BCUT2D eigenvalue weighted by Crippen LogP contribution is -2.13. The van der Waals surface area contributed by atoms with E-state index in [9.17, 15) is 9.59 Å². The zero-order valence-electron chi connectivity index (χ0n) is 13.9. The molecule has 0 spiro atoms. The topological polar surface area (TPSA) is 124 Å². The Kier molecular flexibility index (Phi) is 4.05. The first-order valence-electron chi connectivity index (χ1n) is 7.39. The molecular weight excluding hydrogens is 324 g/mol. The second kappa shape index (κ2) is 6.19. The van der Waals surface area contributed by atoms with Crippen LogP contribution in [0.4, 0.5) is 5.82 Å². The number of pyridine rings is 1. The Balaban J connectivity index is 2.10. The Bertz CT molecular complexity index is 995. The summed E-state index contributed by atoms with van der Waals surface area (Å²) < 4.78 is 6.65. The third-order valence-corrected chi connectivity index (χ3v) is 3.60. The minimum absolute atomic E-state index is 0.157. The van der Waals surface area contributed by atoms with Crippen LogP contribution in [0, 0.1) is 6.92 Å². The minimum atomic E-state index is -0.640. The van der Waals surface area contributed by atoms with E-state index >= 15 is 0 Å². The van der Waals surface area contributed by atoms with E-state index in [1.807, 2.05) is 0 Å². The van der Waals surface area contributed by atoms with Gasteiger partial charge in [-0.25, -0.2) is 14.5 Å². The highest BCUT2D eigenvalue weighted by atomic mass is 16.5. The quantitative estimate of drug-likeness (QED) is 0.734. The molecular formula is C16H16N6O3. The van der Waals surface area contributed by atoms with Gasteiger partial charge in [0.1, 0.15) is 5.56 Å². The monoisotopic (exact) mass is 340 g/mol. The van der Waals surface area contributed by atoms with Gasteiger partial charge in [0.15, 0.2) is 11.5 Å². The smallest absolute Gasteiger partial charge is 0.254 e. The van der Waals surface area contributed by atoms with Crippen LogP contribution in [0.15, 0.2) is 24.4 Å². The lowest BCUT2D eigenvalue weighted by atomic mass is 10.1. The van der Waals surface area contributed by atoms with Crippen molar-refractivity contribution >= 4 is 23.3 Å². The molecule has 25 heavy (non-hydrogen) atoms. The van der Waals surface area contributed by atoms with Gasteiger partial charge in [-0.1, -0.05) is 0 Å². The number of primary amides is 1. The molecule has 3 aromatic rings. The molecule has 3 aromatic heterocycles. The van der Waals surface area contributed by atoms with Gasteiger partial charge in [0.2, 0.25) is 11.8 Å². The van der Waals surface area contributed by atoms with E-state index in [1.54, 1.807) is 35.8 Å². The fourth-order valence-electron chi connectivity index (χ4n) is 2.41. The van der Waals surface area contributed by atoms with Crippen molar-refractivity contribution in [1.29, 1.82) is 0 Å². The number of hydrogen-bond donors (Lipinski definition) is 2. The van der Waals surface area contributed by atoms with Crippen molar-refractivity contribution in [2.75, 3.05) is 12.4 Å². The van der Waals surface area contributed by atoms with Crippen molar-refractivity contribution in [3.8, 4) is 17.1 Å². The van der Waals surface area contributed by atoms with Crippen LogP contribution in [0.5, 0.6) is 5.88 Å². The molecule has 0 unspecified atom stereocenters. The van der Waals surface area contributed by atoms with Crippen LogP contribution < -0.4 is 15.8 Å². The fraction of sp³-hybridized carbons (Fsp3) is 0.188. The second-order valence-corrected chi connectivity index (χ2v) is 5.36. The molecule has 2 amide bonds. The molecule has 3 rings (SSSR count). The van der Waals surface area contributed by atoms with Crippen molar-refractivity contribution in [3.05, 3.63) is 35.7 Å². The van der Waals surface area contributed by atoms with Crippen LogP contribution in [0.2, 0.25) is 0 Å². The number of nitrogens with zero attached hydrogens (tertiary/aromatic N) is 4. The number of anilines is 1. The first-order chi connectivity index (χ1) is 11.9. The molecule has 0 bridgehead atoms. The van der Waals surface area contributed by atoms with Crippen LogP contribution in [0.1, 0.15) is 23.0 Å². The number of nitrogens with one attached hydrogen (secondary N) is 1. The van der Waals surface area contributed by atoms with Crippen molar-refractivity contribution in [1.82, 2.24) is 19.6 Å². The number of rotatable bonds is 4. The zero-order valence-corrected chi connectivity index (χ0v) is 13.9. The maximum Gasteiger partial charge on any atom is 0.254 e.